The van der Waals surface area contributed by atoms with E-state index in [1.54, 1.807) is 25.2 Å². The normalized spacial score (nSPS) is 12.1. The molecule has 0 bridgehead atoms. The number of carbonyl (C=O) groups is 1. The summed E-state index contributed by atoms with van der Waals surface area (Å²) in [7, 11) is 1.62. The molecule has 3 aromatic rings. The van der Waals surface area contributed by atoms with E-state index in [-0.39, 0.29) is 34.5 Å². The minimum absolute atomic E-state index is 0.00499. The summed E-state index contributed by atoms with van der Waals surface area (Å²) in [6.07, 6.45) is -2.59. The number of halogens is 4. The first-order chi connectivity index (χ1) is 17.3. The molecule has 1 atom stereocenters. The predicted octanol–water partition coefficient (Wildman–Crippen LogP) is 4.65. The number of primary amides is 1. The van der Waals surface area contributed by atoms with E-state index in [2.05, 4.69) is 20.6 Å². The van der Waals surface area contributed by atoms with Gasteiger partial charge in [0.15, 0.2) is 0 Å². The molecule has 1 aromatic heterocycles. The third-order valence-electron chi connectivity index (χ3n) is 5.31. The Labute approximate surface area is 218 Å². The van der Waals surface area contributed by atoms with Crippen LogP contribution in [0.1, 0.15) is 27.0 Å². The van der Waals surface area contributed by atoms with Gasteiger partial charge in [0.2, 0.25) is 11.9 Å². The molecule has 0 aliphatic carbocycles. The number of hydrogen-bond acceptors (Lipinski definition) is 7. The van der Waals surface area contributed by atoms with Crippen molar-refractivity contribution < 1.29 is 26.9 Å². The second-order valence-electron chi connectivity index (χ2n) is 7.88. The maximum absolute atomic E-state index is 13.7. The van der Waals surface area contributed by atoms with Gasteiger partial charge in [-0.15, -0.1) is 0 Å². The fourth-order valence-corrected chi connectivity index (χ4v) is 4.05. The Kier molecular flexibility index (Phi) is 8.49. The van der Waals surface area contributed by atoms with E-state index in [4.69, 9.17) is 22.1 Å². The Hall–Kier alpha value is -3.58. The van der Waals surface area contributed by atoms with Crippen LogP contribution < -0.4 is 25.4 Å². The van der Waals surface area contributed by atoms with E-state index in [9.17, 15) is 22.2 Å². The van der Waals surface area contributed by atoms with Crippen LogP contribution in [0.5, 0.6) is 5.75 Å². The number of nitrogens with two attached hydrogens (primary N) is 1. The number of nitrogens with zero attached hydrogens (tertiary/aromatic N) is 3. The smallest absolute Gasteiger partial charge is 0.421 e. The molecule has 1 unspecified atom stereocenters. The summed E-state index contributed by atoms with van der Waals surface area (Å²) in [5, 5.41) is 5.49. The number of aromatic nitrogens is 2. The van der Waals surface area contributed by atoms with Crippen LogP contribution in [0.25, 0.3) is 0 Å². The van der Waals surface area contributed by atoms with Crippen molar-refractivity contribution in [1.82, 2.24) is 9.97 Å². The number of carbonyl (C=O) groups excluding carboxylic acids is 1. The molecule has 3 rings (SSSR count). The van der Waals surface area contributed by atoms with Crippen molar-refractivity contribution in [2.24, 2.45) is 5.73 Å². The van der Waals surface area contributed by atoms with Crippen LogP contribution in [-0.4, -0.2) is 40.5 Å². The van der Waals surface area contributed by atoms with E-state index < -0.39 is 34.5 Å². The SMILES string of the molecule is COc1cc(C(N)=O)c(Cl)cc1Nc1ncc(C(F)(F)F)c(NCc2ccc(C)cc2N(C)S(C)=O)n1. The molecular formula is C23H24ClF3N6O3S. The molecule has 1 amide bonds. The number of amides is 1. The number of benzene rings is 2. The zero-order chi connectivity index (χ0) is 27.5. The van der Waals surface area contributed by atoms with Crippen molar-refractivity contribution >= 4 is 51.6 Å². The number of nitrogens with one attached hydrogen (secondary N) is 2. The van der Waals surface area contributed by atoms with Gasteiger partial charge in [-0.1, -0.05) is 23.7 Å². The van der Waals surface area contributed by atoms with E-state index in [0.717, 1.165) is 5.56 Å². The van der Waals surface area contributed by atoms with Crippen molar-refractivity contribution in [2.75, 3.05) is 35.4 Å². The second-order valence-corrected chi connectivity index (χ2v) is 9.68. The molecule has 0 fully saturated rings. The summed E-state index contributed by atoms with van der Waals surface area (Å²) in [6, 6.07) is 7.96. The minimum atomic E-state index is -4.73. The number of aryl methyl sites for hydroxylation is 1. The summed E-state index contributed by atoms with van der Waals surface area (Å²) >= 11 is 6.10. The van der Waals surface area contributed by atoms with Crippen LogP contribution in [0.4, 0.5) is 36.3 Å². The van der Waals surface area contributed by atoms with Gasteiger partial charge in [0.25, 0.3) is 0 Å². The van der Waals surface area contributed by atoms with Gasteiger partial charge >= 0.3 is 6.18 Å². The largest absolute Gasteiger partial charge is 0.495 e. The van der Waals surface area contributed by atoms with Crippen molar-refractivity contribution in [3.05, 3.63) is 63.8 Å². The van der Waals surface area contributed by atoms with Gasteiger partial charge in [0.1, 0.15) is 28.1 Å². The Balaban J connectivity index is 1.98. The first-order valence-corrected chi connectivity index (χ1v) is 12.5. The van der Waals surface area contributed by atoms with Crippen molar-refractivity contribution in [3.8, 4) is 5.75 Å². The van der Waals surface area contributed by atoms with E-state index >= 15 is 0 Å². The molecule has 198 valence electrons. The molecule has 0 saturated heterocycles. The molecule has 2 aromatic carbocycles. The number of ether oxygens (including phenoxy) is 1. The lowest BCUT2D eigenvalue weighted by molar-refractivity contribution is -0.137. The van der Waals surface area contributed by atoms with E-state index in [1.165, 1.54) is 29.8 Å². The third kappa shape index (κ3) is 6.60. The van der Waals surface area contributed by atoms with Crippen LogP contribution >= 0.6 is 11.6 Å². The molecule has 1 heterocycles. The fourth-order valence-electron chi connectivity index (χ4n) is 3.35. The first kappa shape index (κ1) is 28.0. The van der Waals surface area contributed by atoms with Crippen LogP contribution in [0.15, 0.2) is 36.5 Å². The Morgan fingerprint density at radius 3 is 2.57 bits per heavy atom. The molecule has 0 saturated carbocycles. The van der Waals surface area contributed by atoms with Gasteiger partial charge in [0.05, 0.1) is 29.1 Å². The maximum atomic E-state index is 13.7. The summed E-state index contributed by atoms with van der Waals surface area (Å²) in [4.78, 5) is 19.3. The third-order valence-corrected chi connectivity index (χ3v) is 6.59. The Morgan fingerprint density at radius 1 is 1.27 bits per heavy atom. The van der Waals surface area contributed by atoms with Crippen LogP contribution in [-0.2, 0) is 23.7 Å². The summed E-state index contributed by atoms with van der Waals surface area (Å²) in [5.41, 5.74) is 6.54. The number of anilines is 4. The molecule has 14 heteroatoms. The number of methoxy groups -OCH3 is 1. The molecule has 0 aliphatic rings. The predicted molar refractivity (Wildman–Crippen MR) is 138 cm³/mol. The van der Waals surface area contributed by atoms with Gasteiger partial charge in [-0.05, 0) is 36.2 Å². The second kappa shape index (κ2) is 11.2. The highest BCUT2D eigenvalue weighted by Gasteiger charge is 2.35. The van der Waals surface area contributed by atoms with Gasteiger partial charge in [-0.3, -0.25) is 9.10 Å². The first-order valence-electron chi connectivity index (χ1n) is 10.6. The highest BCUT2D eigenvalue weighted by molar-refractivity contribution is 7.85. The van der Waals surface area contributed by atoms with Gasteiger partial charge in [-0.25, -0.2) is 9.19 Å². The van der Waals surface area contributed by atoms with Crippen molar-refractivity contribution in [2.45, 2.75) is 19.6 Å². The van der Waals surface area contributed by atoms with Crippen molar-refractivity contribution in [1.29, 1.82) is 0 Å². The van der Waals surface area contributed by atoms with Crippen LogP contribution in [0.3, 0.4) is 0 Å². The molecule has 4 N–H and O–H groups in total. The molecule has 0 spiro atoms. The summed E-state index contributed by atoms with van der Waals surface area (Å²) in [5.74, 6) is -1.29. The molecule has 0 radical (unpaired) electrons. The molecule has 0 aliphatic heterocycles. The summed E-state index contributed by atoms with van der Waals surface area (Å²) < 4.78 is 59.9. The minimum Gasteiger partial charge on any atom is -0.495 e. The molecular weight excluding hydrogens is 533 g/mol. The fraction of sp³-hybridized carbons (Fsp3) is 0.261. The lowest BCUT2D eigenvalue weighted by Gasteiger charge is -2.21. The lowest BCUT2D eigenvalue weighted by atomic mass is 10.1. The topological polar surface area (TPSA) is 122 Å². The molecule has 9 nitrogen and oxygen atoms in total. The summed E-state index contributed by atoms with van der Waals surface area (Å²) in [6.45, 7) is 1.81. The number of rotatable bonds is 9. The number of alkyl halides is 3. The maximum Gasteiger partial charge on any atom is 0.421 e. The average Bonchev–Trinajstić information content (AvgIpc) is 2.82. The highest BCUT2D eigenvalue weighted by Crippen LogP contribution is 2.36. The van der Waals surface area contributed by atoms with E-state index in [1.807, 2.05) is 6.92 Å². The average molecular weight is 557 g/mol. The zero-order valence-corrected chi connectivity index (χ0v) is 21.8. The number of hydrogen-bond donors (Lipinski definition) is 3. The van der Waals surface area contributed by atoms with Crippen LogP contribution in [0.2, 0.25) is 5.02 Å². The van der Waals surface area contributed by atoms with Gasteiger partial charge < -0.3 is 21.1 Å². The zero-order valence-electron chi connectivity index (χ0n) is 20.2. The standard InChI is InChI=1S/C23H24ClF3N6O3S/c1-12-5-6-13(18(7-12)33(2)37(4)35)10-29-21-15(23(25,26)27)11-30-22(32-21)31-17-9-16(24)14(20(28)34)8-19(17)36-3/h5-9,11H,10H2,1-4H3,(H2,28,34)(H2,29,30,31,32). The monoisotopic (exact) mass is 556 g/mol. The van der Waals surface area contributed by atoms with Gasteiger partial charge in [0, 0.05) is 26.0 Å². The quantitative estimate of drug-likeness (QED) is 0.350. The highest BCUT2D eigenvalue weighted by atomic mass is 35.5. The van der Waals surface area contributed by atoms with Crippen LogP contribution in [0, 0.1) is 6.92 Å². The Morgan fingerprint density at radius 2 is 1.97 bits per heavy atom. The Bertz CT molecular complexity index is 1360. The van der Waals surface area contributed by atoms with Gasteiger partial charge in [-0.2, -0.15) is 18.2 Å². The lowest BCUT2D eigenvalue weighted by Crippen LogP contribution is -2.21. The molecule has 37 heavy (non-hydrogen) atoms. The van der Waals surface area contributed by atoms with E-state index in [0.29, 0.717) is 17.4 Å². The van der Waals surface area contributed by atoms with Crippen molar-refractivity contribution in [3.63, 3.8) is 0 Å².